The van der Waals surface area contributed by atoms with Crippen LogP contribution in [0.3, 0.4) is 0 Å². The number of likely N-dealkylation sites (tertiary alicyclic amines) is 1. The normalized spacial score (nSPS) is 18.2. The zero-order valence-corrected chi connectivity index (χ0v) is 24.5. The maximum atomic E-state index is 13.5. The second-order valence-electron chi connectivity index (χ2n) is 10.1. The average molecular weight is 547 g/mol. The highest BCUT2D eigenvalue weighted by molar-refractivity contribution is 6.03. The smallest absolute Gasteiger partial charge is 0.326 e. The maximum Gasteiger partial charge on any atom is 0.326 e. The molecule has 0 bridgehead atoms. The lowest BCUT2D eigenvalue weighted by Crippen LogP contribution is -2.72. The zero-order valence-electron chi connectivity index (χ0n) is 24.5. The molecule has 3 rings (SSSR count). The summed E-state index contributed by atoms with van der Waals surface area (Å²) in [5.74, 6) is 0.900. The van der Waals surface area contributed by atoms with E-state index in [-0.39, 0.29) is 31.3 Å². The molecule has 10 heteroatoms. The summed E-state index contributed by atoms with van der Waals surface area (Å²) in [6, 6.07) is 4.77. The van der Waals surface area contributed by atoms with Crippen molar-refractivity contribution in [2.24, 2.45) is 5.41 Å². The molecule has 0 aromatic heterocycles. The van der Waals surface area contributed by atoms with E-state index in [2.05, 4.69) is 24.1 Å². The van der Waals surface area contributed by atoms with Crippen LogP contribution in [-0.4, -0.2) is 84.9 Å². The molecule has 0 radical (unpaired) electrons. The summed E-state index contributed by atoms with van der Waals surface area (Å²) in [7, 11) is 0. The predicted octanol–water partition coefficient (Wildman–Crippen LogP) is 4.15. The van der Waals surface area contributed by atoms with E-state index >= 15 is 0 Å². The Kier molecular flexibility index (Phi) is 11.0. The van der Waals surface area contributed by atoms with Crippen LogP contribution in [0.2, 0.25) is 0 Å². The molecule has 2 aliphatic rings. The molecule has 1 fully saturated rings. The van der Waals surface area contributed by atoms with E-state index in [9.17, 15) is 14.4 Å². The van der Waals surface area contributed by atoms with Crippen LogP contribution in [0, 0.1) is 5.41 Å². The first-order chi connectivity index (χ1) is 18.8. The van der Waals surface area contributed by atoms with Gasteiger partial charge in [0, 0.05) is 19.6 Å². The monoisotopic (exact) mass is 546 g/mol. The molecule has 10 nitrogen and oxygen atoms in total. The Bertz CT molecular complexity index is 994. The molecular weight excluding hydrogens is 500 g/mol. The van der Waals surface area contributed by atoms with Gasteiger partial charge in [-0.3, -0.25) is 9.59 Å². The number of carbonyl (C=O) groups is 3. The Hall–Kier alpha value is -2.85. The van der Waals surface area contributed by atoms with Crippen LogP contribution in [0.5, 0.6) is 11.5 Å². The summed E-state index contributed by atoms with van der Waals surface area (Å²) in [5.41, 5.74) is 0.0497. The number of urea groups is 1. The summed E-state index contributed by atoms with van der Waals surface area (Å²) in [5, 5.41) is 3.03. The van der Waals surface area contributed by atoms with Crippen molar-refractivity contribution >= 4 is 17.8 Å². The largest absolute Gasteiger partial charge is 0.454 e. The molecule has 4 amide bonds. The van der Waals surface area contributed by atoms with Gasteiger partial charge in [-0.1, -0.05) is 47.1 Å². The molecule has 2 aliphatic heterocycles. The third-order valence-electron chi connectivity index (χ3n) is 8.19. The van der Waals surface area contributed by atoms with Crippen molar-refractivity contribution in [2.75, 3.05) is 46.1 Å². The number of ether oxygens (including phenoxy) is 3. The number of amides is 4. The van der Waals surface area contributed by atoms with Crippen LogP contribution in [0.25, 0.3) is 0 Å². The number of likely N-dealkylation sites (N-methyl/N-ethyl adjacent to an activating group) is 2. The van der Waals surface area contributed by atoms with Gasteiger partial charge in [0.1, 0.15) is 6.61 Å². The van der Waals surface area contributed by atoms with E-state index < -0.39 is 17.7 Å². The van der Waals surface area contributed by atoms with Gasteiger partial charge in [-0.15, -0.1) is 0 Å². The Morgan fingerprint density at radius 2 is 1.74 bits per heavy atom. The molecule has 1 aromatic rings. The van der Waals surface area contributed by atoms with E-state index in [1.807, 2.05) is 45.9 Å². The lowest BCUT2D eigenvalue weighted by atomic mass is 9.72. The second-order valence-corrected chi connectivity index (χ2v) is 10.1. The molecule has 0 saturated carbocycles. The van der Waals surface area contributed by atoms with Gasteiger partial charge in [0.15, 0.2) is 17.7 Å². The number of hydrogen-bond acceptors (Lipinski definition) is 7. The summed E-state index contributed by atoms with van der Waals surface area (Å²) in [6.07, 6.45) is 1.75. The number of fused-ring (bicyclic) bond motifs is 1. The number of nitrogens with one attached hydrogen (secondary N) is 1. The fourth-order valence-electron chi connectivity index (χ4n) is 5.43. The lowest BCUT2D eigenvalue weighted by molar-refractivity contribution is -0.212. The van der Waals surface area contributed by atoms with Gasteiger partial charge in [0.2, 0.25) is 18.6 Å². The number of β-lactam (4-membered cyclic amide) rings is 1. The van der Waals surface area contributed by atoms with Crippen molar-refractivity contribution < 1.29 is 28.6 Å². The minimum atomic E-state index is -0.825. The van der Waals surface area contributed by atoms with Crippen molar-refractivity contribution in [3.05, 3.63) is 23.8 Å². The first-order valence-electron chi connectivity index (χ1n) is 14.4. The van der Waals surface area contributed by atoms with Crippen LogP contribution < -0.4 is 14.8 Å². The van der Waals surface area contributed by atoms with Crippen LogP contribution in [0.15, 0.2) is 18.2 Å². The van der Waals surface area contributed by atoms with Gasteiger partial charge in [0.25, 0.3) is 0 Å². The zero-order chi connectivity index (χ0) is 28.6. The maximum absolute atomic E-state index is 13.5. The Labute approximate surface area is 232 Å². The van der Waals surface area contributed by atoms with Gasteiger partial charge < -0.3 is 29.3 Å². The number of imide groups is 1. The first-order valence-corrected chi connectivity index (χ1v) is 14.4. The molecule has 1 aromatic carbocycles. The fraction of sp³-hybridized carbons (Fsp3) is 0.690. The third kappa shape index (κ3) is 6.49. The molecule has 2 heterocycles. The van der Waals surface area contributed by atoms with E-state index in [1.165, 1.54) is 0 Å². The SMILES string of the molecule is CCC[C@@H](NC(=O)N1C(=O)C(CC)(CC)[C@@H]1OCC(=O)N(CC)CCN(CC)CC)c1ccc2c(c1)OCO2. The minimum absolute atomic E-state index is 0.144. The molecule has 1 saturated heterocycles. The van der Waals surface area contributed by atoms with Gasteiger partial charge in [-0.2, -0.15) is 0 Å². The van der Waals surface area contributed by atoms with Crippen molar-refractivity contribution in [3.8, 4) is 11.5 Å². The molecule has 39 heavy (non-hydrogen) atoms. The molecule has 1 N–H and O–H groups in total. The van der Waals surface area contributed by atoms with Gasteiger partial charge in [-0.05, 0) is 57.0 Å². The summed E-state index contributed by atoms with van der Waals surface area (Å²) in [4.78, 5) is 45.1. The quantitative estimate of drug-likeness (QED) is 0.330. The van der Waals surface area contributed by atoms with E-state index in [4.69, 9.17) is 14.2 Å². The molecular formula is C29H46N4O6. The summed E-state index contributed by atoms with van der Waals surface area (Å²) in [6.45, 7) is 15.8. The lowest BCUT2D eigenvalue weighted by Gasteiger charge is -2.53. The number of hydrogen-bond donors (Lipinski definition) is 1. The van der Waals surface area contributed by atoms with E-state index in [0.717, 1.165) is 36.5 Å². The van der Waals surface area contributed by atoms with E-state index in [1.54, 1.807) is 4.90 Å². The number of nitrogens with zero attached hydrogens (tertiary/aromatic N) is 3. The van der Waals surface area contributed by atoms with Crippen molar-refractivity contribution in [1.82, 2.24) is 20.0 Å². The topological polar surface area (TPSA) is 101 Å². The molecule has 0 spiro atoms. The Morgan fingerprint density at radius 3 is 2.36 bits per heavy atom. The first kappa shape index (κ1) is 30.7. The van der Waals surface area contributed by atoms with Gasteiger partial charge in [0.05, 0.1) is 11.5 Å². The third-order valence-corrected chi connectivity index (χ3v) is 8.19. The van der Waals surface area contributed by atoms with Crippen molar-refractivity contribution in [1.29, 1.82) is 0 Å². The minimum Gasteiger partial charge on any atom is -0.454 e. The van der Waals surface area contributed by atoms with Crippen molar-refractivity contribution in [3.63, 3.8) is 0 Å². The van der Waals surface area contributed by atoms with Crippen LogP contribution >= 0.6 is 0 Å². The highest BCUT2D eigenvalue weighted by Gasteiger charge is 2.62. The van der Waals surface area contributed by atoms with Crippen LogP contribution in [0.4, 0.5) is 4.79 Å². The van der Waals surface area contributed by atoms with Crippen LogP contribution in [-0.2, 0) is 14.3 Å². The van der Waals surface area contributed by atoms with Gasteiger partial charge >= 0.3 is 6.03 Å². The number of rotatable bonds is 15. The molecule has 2 atom stereocenters. The predicted molar refractivity (Wildman–Crippen MR) is 148 cm³/mol. The molecule has 0 unspecified atom stereocenters. The van der Waals surface area contributed by atoms with Gasteiger partial charge in [-0.25, -0.2) is 9.69 Å². The Morgan fingerprint density at radius 1 is 1.05 bits per heavy atom. The average Bonchev–Trinajstić information content (AvgIpc) is 3.42. The Balaban J connectivity index is 1.71. The van der Waals surface area contributed by atoms with E-state index in [0.29, 0.717) is 43.9 Å². The van der Waals surface area contributed by atoms with Crippen molar-refractivity contribution in [2.45, 2.75) is 79.5 Å². The summed E-state index contributed by atoms with van der Waals surface area (Å²) < 4.78 is 17.0. The molecule has 0 aliphatic carbocycles. The second kappa shape index (κ2) is 14.0. The summed E-state index contributed by atoms with van der Waals surface area (Å²) >= 11 is 0. The highest BCUT2D eigenvalue weighted by Crippen LogP contribution is 2.46. The highest BCUT2D eigenvalue weighted by atomic mass is 16.7. The number of carbonyl (C=O) groups excluding carboxylic acids is 3. The molecule has 218 valence electrons. The van der Waals surface area contributed by atoms with Crippen LogP contribution in [0.1, 0.15) is 78.8 Å². The fourth-order valence-corrected chi connectivity index (χ4v) is 5.43. The standard InChI is InChI=1S/C29H46N4O6/c1-7-13-22(21-14-15-23-24(18-21)39-20-38-23)30-28(36)33-26(35)29(8-2,9-3)27(33)37-19-25(34)32(12-6)17-16-31(10-4)11-5/h14-15,18,22,27H,7-13,16-17,19-20H2,1-6H3,(H,30,36)/t22-,27+/m1/s1. The number of benzene rings is 1.